The first kappa shape index (κ1) is 19.9. The Hall–Kier alpha value is -2.45. The highest BCUT2D eigenvalue weighted by atomic mass is 19.4. The molecule has 1 aromatic rings. The molecule has 1 saturated heterocycles. The number of alkyl halides is 3. The van der Waals surface area contributed by atoms with Gasteiger partial charge in [-0.05, 0) is 13.0 Å². The number of aliphatic imine (C=N–C) groups is 1. The number of benzene rings is 1. The summed E-state index contributed by atoms with van der Waals surface area (Å²) in [5.41, 5.74) is 0.350. The molecule has 26 heavy (non-hydrogen) atoms. The van der Waals surface area contributed by atoms with Crippen LogP contribution < -0.4 is 10.1 Å². The van der Waals surface area contributed by atoms with Crippen molar-refractivity contribution in [3.63, 3.8) is 0 Å². The van der Waals surface area contributed by atoms with Crippen molar-refractivity contribution >= 4 is 11.9 Å². The molecule has 0 aliphatic carbocycles. The van der Waals surface area contributed by atoms with Gasteiger partial charge in [0.05, 0.1) is 6.54 Å². The monoisotopic (exact) mass is 372 g/mol. The van der Waals surface area contributed by atoms with Gasteiger partial charge in [-0.2, -0.15) is 0 Å². The normalized spacial score (nSPS) is 15.8. The maximum atomic E-state index is 12.5. The number of carbonyl (C=O) groups is 1. The molecule has 1 aliphatic heterocycles. The summed E-state index contributed by atoms with van der Waals surface area (Å²) in [5.74, 6) is 0.392. The van der Waals surface area contributed by atoms with Gasteiger partial charge in [-0.15, -0.1) is 13.2 Å². The maximum absolute atomic E-state index is 12.5. The van der Waals surface area contributed by atoms with Gasteiger partial charge >= 0.3 is 6.36 Å². The third-order valence-electron chi connectivity index (χ3n) is 3.96. The number of piperazine rings is 1. The predicted molar refractivity (Wildman–Crippen MR) is 91.8 cm³/mol. The number of amides is 1. The lowest BCUT2D eigenvalue weighted by molar-refractivity contribution is -0.274. The molecule has 1 N–H and O–H groups in total. The molecule has 9 heteroatoms. The third kappa shape index (κ3) is 5.82. The van der Waals surface area contributed by atoms with E-state index in [0.717, 1.165) is 0 Å². The van der Waals surface area contributed by atoms with Crippen molar-refractivity contribution in [1.29, 1.82) is 0 Å². The number of rotatable bonds is 4. The van der Waals surface area contributed by atoms with Gasteiger partial charge in [-0.1, -0.05) is 18.2 Å². The summed E-state index contributed by atoms with van der Waals surface area (Å²) >= 11 is 0. The average Bonchev–Trinajstić information content (AvgIpc) is 2.58. The van der Waals surface area contributed by atoms with Gasteiger partial charge in [0.2, 0.25) is 5.91 Å². The first-order chi connectivity index (χ1) is 12.3. The van der Waals surface area contributed by atoms with Crippen LogP contribution >= 0.6 is 0 Å². The summed E-state index contributed by atoms with van der Waals surface area (Å²) in [6, 6.07) is 5.96. The quantitative estimate of drug-likeness (QED) is 0.650. The number of nitrogens with zero attached hydrogens (tertiary/aromatic N) is 3. The molecule has 1 aromatic carbocycles. The lowest BCUT2D eigenvalue weighted by Gasteiger charge is -2.36. The number of guanidine groups is 1. The lowest BCUT2D eigenvalue weighted by atomic mass is 10.2. The number of nitrogens with one attached hydrogen (secondary N) is 1. The molecule has 1 aliphatic rings. The molecule has 6 nitrogen and oxygen atoms in total. The van der Waals surface area contributed by atoms with Crippen LogP contribution in [0, 0.1) is 0 Å². The van der Waals surface area contributed by atoms with Crippen LogP contribution in [0.1, 0.15) is 19.4 Å². The summed E-state index contributed by atoms with van der Waals surface area (Å²) < 4.78 is 41.6. The van der Waals surface area contributed by atoms with Crippen LogP contribution in [-0.4, -0.2) is 60.8 Å². The molecule has 0 atom stereocenters. The van der Waals surface area contributed by atoms with Gasteiger partial charge in [0.1, 0.15) is 5.75 Å². The zero-order valence-corrected chi connectivity index (χ0v) is 14.8. The number of ether oxygens (including phenoxy) is 1. The van der Waals surface area contributed by atoms with Crippen LogP contribution in [0.4, 0.5) is 13.2 Å². The van der Waals surface area contributed by atoms with Crippen LogP contribution in [0.2, 0.25) is 0 Å². The highest BCUT2D eigenvalue weighted by Crippen LogP contribution is 2.26. The van der Waals surface area contributed by atoms with Crippen LogP contribution in [0.25, 0.3) is 0 Å². The van der Waals surface area contributed by atoms with Crippen molar-refractivity contribution in [2.24, 2.45) is 4.99 Å². The number of hydrogen-bond donors (Lipinski definition) is 1. The van der Waals surface area contributed by atoms with Gasteiger partial charge in [0.15, 0.2) is 5.96 Å². The maximum Gasteiger partial charge on any atom is 0.573 e. The molecule has 1 amide bonds. The summed E-state index contributed by atoms with van der Waals surface area (Å²) in [4.78, 5) is 19.6. The van der Waals surface area contributed by atoms with Crippen LogP contribution in [0.15, 0.2) is 29.3 Å². The number of hydrogen-bond acceptors (Lipinski definition) is 3. The molecular weight excluding hydrogens is 349 g/mol. The second-order valence-electron chi connectivity index (χ2n) is 5.82. The molecular formula is C17H23F3N4O2. The Bertz CT molecular complexity index is 641. The van der Waals surface area contributed by atoms with Crippen molar-refractivity contribution in [3.8, 4) is 5.75 Å². The van der Waals surface area contributed by atoms with Crippen molar-refractivity contribution in [2.75, 3.05) is 32.7 Å². The minimum atomic E-state index is -4.74. The zero-order valence-electron chi connectivity index (χ0n) is 14.8. The topological polar surface area (TPSA) is 57.2 Å². The van der Waals surface area contributed by atoms with Crippen molar-refractivity contribution in [1.82, 2.24) is 15.1 Å². The van der Waals surface area contributed by atoms with E-state index in [9.17, 15) is 18.0 Å². The van der Waals surface area contributed by atoms with Crippen molar-refractivity contribution < 1.29 is 22.7 Å². The molecule has 0 bridgehead atoms. The molecule has 0 radical (unpaired) electrons. The Morgan fingerprint density at radius 3 is 2.38 bits per heavy atom. The Labute approximate surface area is 150 Å². The zero-order chi connectivity index (χ0) is 19.2. The fraction of sp³-hybridized carbons (Fsp3) is 0.529. The Balaban J connectivity index is 2.09. The van der Waals surface area contributed by atoms with Gasteiger partial charge in [-0.25, -0.2) is 4.99 Å². The van der Waals surface area contributed by atoms with E-state index in [1.807, 2.05) is 11.8 Å². The van der Waals surface area contributed by atoms with Gasteiger partial charge in [-0.3, -0.25) is 4.79 Å². The lowest BCUT2D eigenvalue weighted by Crippen LogP contribution is -2.53. The van der Waals surface area contributed by atoms with E-state index < -0.39 is 6.36 Å². The Kier molecular flexibility index (Phi) is 6.70. The minimum Gasteiger partial charge on any atom is -0.405 e. The van der Waals surface area contributed by atoms with E-state index in [1.54, 1.807) is 17.0 Å². The molecule has 2 rings (SSSR count). The summed E-state index contributed by atoms with van der Waals surface area (Å²) in [6.45, 7) is 6.56. The molecule has 0 unspecified atom stereocenters. The average molecular weight is 372 g/mol. The van der Waals surface area contributed by atoms with E-state index in [1.165, 1.54) is 19.1 Å². The van der Waals surface area contributed by atoms with Gasteiger partial charge < -0.3 is 19.9 Å². The number of para-hydroxylation sites is 1. The fourth-order valence-corrected chi connectivity index (χ4v) is 2.68. The molecule has 144 valence electrons. The predicted octanol–water partition coefficient (Wildman–Crippen LogP) is 2.21. The standard InChI is InChI=1S/C17H23F3N4O2/c1-3-21-16(24-10-8-23(9-11-24)13(2)25)22-12-14-6-4-5-7-15(14)26-17(18,19)20/h4-7H,3,8-12H2,1-2H3,(H,21,22). The van der Waals surface area contributed by atoms with E-state index >= 15 is 0 Å². The summed E-state index contributed by atoms with van der Waals surface area (Å²) in [5, 5.41) is 3.14. The van der Waals surface area contributed by atoms with E-state index in [2.05, 4.69) is 15.0 Å². The van der Waals surface area contributed by atoms with Crippen LogP contribution in [-0.2, 0) is 11.3 Å². The number of halogens is 3. The second kappa shape index (κ2) is 8.77. The highest BCUT2D eigenvalue weighted by molar-refractivity contribution is 5.80. The SMILES string of the molecule is CCNC(=NCc1ccccc1OC(F)(F)F)N1CCN(C(C)=O)CC1. The van der Waals surface area contributed by atoms with E-state index in [4.69, 9.17) is 0 Å². The number of carbonyl (C=O) groups excluding carboxylic acids is 1. The molecule has 0 spiro atoms. The van der Waals surface area contributed by atoms with Crippen molar-refractivity contribution in [3.05, 3.63) is 29.8 Å². The van der Waals surface area contributed by atoms with Crippen molar-refractivity contribution in [2.45, 2.75) is 26.8 Å². The van der Waals surface area contributed by atoms with Crippen LogP contribution in [0.3, 0.4) is 0 Å². The molecule has 1 fully saturated rings. The van der Waals surface area contributed by atoms with E-state index in [-0.39, 0.29) is 18.2 Å². The largest absolute Gasteiger partial charge is 0.573 e. The molecule has 0 saturated carbocycles. The highest BCUT2D eigenvalue weighted by Gasteiger charge is 2.32. The van der Waals surface area contributed by atoms with Gasteiger partial charge in [0.25, 0.3) is 0 Å². The minimum absolute atomic E-state index is 0.0322. The Morgan fingerprint density at radius 1 is 1.19 bits per heavy atom. The summed E-state index contributed by atoms with van der Waals surface area (Å²) in [6.07, 6.45) is -4.74. The molecule has 0 aromatic heterocycles. The van der Waals surface area contributed by atoms with E-state index in [0.29, 0.717) is 44.2 Å². The molecule has 1 heterocycles. The Morgan fingerprint density at radius 2 is 1.81 bits per heavy atom. The smallest absolute Gasteiger partial charge is 0.405 e. The third-order valence-corrected chi connectivity index (χ3v) is 3.96. The van der Waals surface area contributed by atoms with Gasteiger partial charge in [0, 0.05) is 45.2 Å². The second-order valence-corrected chi connectivity index (χ2v) is 5.82. The first-order valence-corrected chi connectivity index (χ1v) is 8.42. The summed E-state index contributed by atoms with van der Waals surface area (Å²) in [7, 11) is 0. The van der Waals surface area contributed by atoms with Crippen LogP contribution in [0.5, 0.6) is 5.75 Å². The first-order valence-electron chi connectivity index (χ1n) is 8.42. The fourth-order valence-electron chi connectivity index (χ4n) is 2.68.